The fraction of sp³-hybridized carbons (Fsp3) is 0.714. The molecule has 0 saturated heterocycles. The second-order valence-corrected chi connectivity index (χ2v) is 7.70. The van der Waals surface area contributed by atoms with Gasteiger partial charge in [0.15, 0.2) is 0 Å². The Labute approximate surface area is 123 Å². The average molecular weight is 331 g/mol. The summed E-state index contributed by atoms with van der Waals surface area (Å²) in [6, 6.07) is 3.58. The van der Waals surface area contributed by atoms with E-state index in [9.17, 15) is 0 Å². The van der Waals surface area contributed by atoms with E-state index in [1.807, 2.05) is 0 Å². The van der Waals surface area contributed by atoms with Crippen molar-refractivity contribution in [3.05, 3.63) is 20.8 Å². The summed E-state index contributed by atoms with van der Waals surface area (Å²) in [5, 5.41) is 5.94. The minimum atomic E-state index is 0.587. The molecule has 18 heavy (non-hydrogen) atoms. The second-order valence-electron chi connectivity index (χ2n) is 5.41. The summed E-state index contributed by atoms with van der Waals surface area (Å²) in [6.07, 6.45) is 5.55. The van der Waals surface area contributed by atoms with Crippen molar-refractivity contribution in [2.75, 3.05) is 13.6 Å². The van der Waals surface area contributed by atoms with Crippen molar-refractivity contribution in [2.24, 2.45) is 0 Å². The fourth-order valence-corrected chi connectivity index (χ4v) is 3.70. The maximum Gasteiger partial charge on any atom is 0.0701 e. The standard InChI is InChI=1S/C14H23BrN2S/c1-11(8-16-13-5-3-4-6-13)17(2)9-12-7-14(15)18-10-12/h7,10-11,13,16H,3-6,8-9H2,1-2H3. The van der Waals surface area contributed by atoms with Gasteiger partial charge in [0.1, 0.15) is 0 Å². The van der Waals surface area contributed by atoms with Crippen LogP contribution in [0.25, 0.3) is 0 Å². The van der Waals surface area contributed by atoms with E-state index in [0.29, 0.717) is 6.04 Å². The molecule has 1 heterocycles. The molecule has 0 spiro atoms. The van der Waals surface area contributed by atoms with Crippen LogP contribution >= 0.6 is 27.3 Å². The molecule has 1 aliphatic carbocycles. The van der Waals surface area contributed by atoms with Crippen molar-refractivity contribution in [3.63, 3.8) is 0 Å². The first-order valence-electron chi connectivity index (χ1n) is 6.81. The van der Waals surface area contributed by atoms with Gasteiger partial charge in [-0.05, 0) is 59.8 Å². The average Bonchev–Trinajstić information content (AvgIpc) is 2.97. The van der Waals surface area contributed by atoms with E-state index in [2.05, 4.69) is 51.6 Å². The predicted molar refractivity (Wildman–Crippen MR) is 83.2 cm³/mol. The van der Waals surface area contributed by atoms with Gasteiger partial charge >= 0.3 is 0 Å². The molecule has 0 bridgehead atoms. The molecule has 1 N–H and O–H groups in total. The zero-order valence-electron chi connectivity index (χ0n) is 11.3. The number of thiophene rings is 1. The Morgan fingerprint density at radius 3 is 2.83 bits per heavy atom. The van der Waals surface area contributed by atoms with Crippen molar-refractivity contribution in [3.8, 4) is 0 Å². The summed E-state index contributed by atoms with van der Waals surface area (Å²) in [7, 11) is 2.21. The van der Waals surface area contributed by atoms with Gasteiger partial charge < -0.3 is 5.32 Å². The van der Waals surface area contributed by atoms with Crippen molar-refractivity contribution in [1.82, 2.24) is 10.2 Å². The molecule has 1 atom stereocenters. The van der Waals surface area contributed by atoms with Gasteiger partial charge in [-0.25, -0.2) is 0 Å². The first kappa shape index (κ1) is 14.5. The Morgan fingerprint density at radius 2 is 2.22 bits per heavy atom. The molecular formula is C14H23BrN2S. The molecule has 1 fully saturated rings. The SMILES string of the molecule is CC(CNC1CCCC1)N(C)Cc1csc(Br)c1. The topological polar surface area (TPSA) is 15.3 Å². The van der Waals surface area contributed by atoms with Crippen LogP contribution < -0.4 is 5.32 Å². The third-order valence-corrected chi connectivity index (χ3v) is 5.42. The van der Waals surface area contributed by atoms with Gasteiger partial charge in [0, 0.05) is 25.2 Å². The van der Waals surface area contributed by atoms with Crippen molar-refractivity contribution in [1.29, 1.82) is 0 Å². The molecular weight excluding hydrogens is 308 g/mol. The summed E-state index contributed by atoms with van der Waals surface area (Å²) in [6.45, 7) is 4.45. The first-order valence-corrected chi connectivity index (χ1v) is 8.49. The van der Waals surface area contributed by atoms with Crippen LogP contribution in [0.5, 0.6) is 0 Å². The third kappa shape index (κ3) is 4.34. The third-order valence-electron chi connectivity index (χ3n) is 3.86. The van der Waals surface area contributed by atoms with Gasteiger partial charge in [0.2, 0.25) is 0 Å². The molecule has 0 amide bonds. The Kier molecular flexibility index (Phi) is 5.67. The Balaban J connectivity index is 1.72. The largest absolute Gasteiger partial charge is 0.312 e. The summed E-state index contributed by atoms with van der Waals surface area (Å²) in [4.78, 5) is 2.43. The lowest BCUT2D eigenvalue weighted by molar-refractivity contribution is 0.237. The van der Waals surface area contributed by atoms with Crippen LogP contribution in [0.4, 0.5) is 0 Å². The van der Waals surface area contributed by atoms with Gasteiger partial charge in [0.25, 0.3) is 0 Å². The summed E-state index contributed by atoms with van der Waals surface area (Å²) in [5.74, 6) is 0. The Hall–Kier alpha value is 0.100. The molecule has 2 nitrogen and oxygen atoms in total. The van der Waals surface area contributed by atoms with E-state index in [1.165, 1.54) is 35.0 Å². The predicted octanol–water partition coefficient (Wildman–Crippen LogP) is 3.86. The van der Waals surface area contributed by atoms with Crippen LogP contribution in [0, 0.1) is 0 Å². The van der Waals surface area contributed by atoms with Crippen LogP contribution in [-0.4, -0.2) is 30.6 Å². The minimum Gasteiger partial charge on any atom is -0.312 e. The highest BCUT2D eigenvalue weighted by Gasteiger charge is 2.16. The number of nitrogens with zero attached hydrogens (tertiary/aromatic N) is 1. The molecule has 1 aromatic heterocycles. The second kappa shape index (κ2) is 7.04. The Bertz CT molecular complexity index is 360. The molecule has 0 aromatic carbocycles. The number of hydrogen-bond acceptors (Lipinski definition) is 3. The van der Waals surface area contributed by atoms with E-state index in [0.717, 1.165) is 19.1 Å². The lowest BCUT2D eigenvalue weighted by atomic mass is 10.2. The quantitative estimate of drug-likeness (QED) is 0.851. The highest BCUT2D eigenvalue weighted by Crippen LogP contribution is 2.22. The van der Waals surface area contributed by atoms with Gasteiger partial charge in [-0.2, -0.15) is 0 Å². The lowest BCUT2D eigenvalue weighted by Crippen LogP contribution is -2.40. The molecule has 1 unspecified atom stereocenters. The van der Waals surface area contributed by atoms with E-state index >= 15 is 0 Å². The molecule has 1 aliphatic rings. The number of rotatable bonds is 6. The summed E-state index contributed by atoms with van der Waals surface area (Å²) >= 11 is 5.29. The fourth-order valence-electron chi connectivity index (χ4n) is 2.50. The maximum absolute atomic E-state index is 3.70. The van der Waals surface area contributed by atoms with Crippen molar-refractivity contribution >= 4 is 27.3 Å². The first-order chi connectivity index (χ1) is 8.65. The summed E-state index contributed by atoms with van der Waals surface area (Å²) < 4.78 is 1.22. The van der Waals surface area contributed by atoms with Crippen LogP contribution in [0.15, 0.2) is 15.2 Å². The number of likely N-dealkylation sites (N-methyl/N-ethyl adjacent to an activating group) is 1. The van der Waals surface area contributed by atoms with Crippen LogP contribution in [0.1, 0.15) is 38.2 Å². The van der Waals surface area contributed by atoms with Crippen LogP contribution in [0.2, 0.25) is 0 Å². The Morgan fingerprint density at radius 1 is 1.50 bits per heavy atom. The van der Waals surface area contributed by atoms with Crippen LogP contribution in [0.3, 0.4) is 0 Å². The van der Waals surface area contributed by atoms with E-state index < -0.39 is 0 Å². The molecule has 4 heteroatoms. The van der Waals surface area contributed by atoms with E-state index in [4.69, 9.17) is 0 Å². The number of halogens is 1. The van der Waals surface area contributed by atoms with Gasteiger partial charge in [-0.1, -0.05) is 12.8 Å². The van der Waals surface area contributed by atoms with E-state index in [-0.39, 0.29) is 0 Å². The maximum atomic E-state index is 3.70. The normalized spacial score (nSPS) is 18.7. The van der Waals surface area contributed by atoms with Gasteiger partial charge in [0.05, 0.1) is 3.79 Å². The van der Waals surface area contributed by atoms with Crippen molar-refractivity contribution < 1.29 is 0 Å². The molecule has 102 valence electrons. The molecule has 0 radical (unpaired) electrons. The minimum absolute atomic E-state index is 0.587. The highest BCUT2D eigenvalue weighted by molar-refractivity contribution is 9.11. The molecule has 1 aromatic rings. The smallest absolute Gasteiger partial charge is 0.0701 e. The zero-order chi connectivity index (χ0) is 13.0. The lowest BCUT2D eigenvalue weighted by Gasteiger charge is -2.26. The van der Waals surface area contributed by atoms with Crippen molar-refractivity contribution in [2.45, 2.75) is 51.2 Å². The van der Waals surface area contributed by atoms with Gasteiger partial charge in [-0.15, -0.1) is 11.3 Å². The monoisotopic (exact) mass is 330 g/mol. The van der Waals surface area contributed by atoms with E-state index in [1.54, 1.807) is 11.3 Å². The number of nitrogens with one attached hydrogen (secondary N) is 1. The molecule has 0 aliphatic heterocycles. The zero-order valence-corrected chi connectivity index (χ0v) is 13.7. The molecule has 1 saturated carbocycles. The summed E-state index contributed by atoms with van der Waals surface area (Å²) in [5.41, 5.74) is 1.40. The van der Waals surface area contributed by atoms with Gasteiger partial charge in [-0.3, -0.25) is 4.90 Å². The molecule has 2 rings (SSSR count). The van der Waals surface area contributed by atoms with Crippen LogP contribution in [-0.2, 0) is 6.54 Å². The number of hydrogen-bond donors (Lipinski definition) is 1. The highest BCUT2D eigenvalue weighted by atomic mass is 79.9.